The van der Waals surface area contributed by atoms with Gasteiger partial charge in [-0.2, -0.15) is 0 Å². The number of hydrogen-bond donors (Lipinski definition) is 1. The molecule has 3 aromatic carbocycles. The minimum Gasteiger partial charge on any atom is -0.497 e. The molecule has 0 amide bonds. The summed E-state index contributed by atoms with van der Waals surface area (Å²) in [6.07, 6.45) is 4.01. The van der Waals surface area contributed by atoms with Gasteiger partial charge in [0.25, 0.3) is 0 Å². The van der Waals surface area contributed by atoms with Crippen LogP contribution in [0.4, 0.5) is 27.3 Å². The average molecular weight is 467 g/mol. The van der Waals surface area contributed by atoms with Gasteiger partial charge >= 0.3 is 0 Å². The van der Waals surface area contributed by atoms with E-state index in [4.69, 9.17) is 15.5 Å². The predicted octanol–water partition coefficient (Wildman–Crippen LogP) is 6.14. The van der Waals surface area contributed by atoms with Gasteiger partial charge in [-0.3, -0.25) is 0 Å². The summed E-state index contributed by atoms with van der Waals surface area (Å²) in [6, 6.07) is 25.3. The fourth-order valence-electron chi connectivity index (χ4n) is 4.33. The van der Waals surface area contributed by atoms with Crippen molar-refractivity contribution in [2.45, 2.75) is 6.54 Å². The van der Waals surface area contributed by atoms with Gasteiger partial charge in [0.05, 0.1) is 18.5 Å². The standard InChI is InChI=1S/C29H27FN4O/c1-33(18-20-8-11-25(35-2)12-9-20)29-16-28-22(17-32-29)14-23(21-10-13-26(30)27(31)15-21)19-34(28)24-6-4-3-5-7-24/h3-17H,18-19,31H2,1-2H3. The highest BCUT2D eigenvalue weighted by molar-refractivity contribution is 5.94. The molecular weight excluding hydrogens is 439 g/mol. The van der Waals surface area contributed by atoms with E-state index < -0.39 is 5.82 Å². The number of nitrogens with zero attached hydrogens (tertiary/aromatic N) is 3. The Morgan fingerprint density at radius 2 is 1.80 bits per heavy atom. The Morgan fingerprint density at radius 3 is 2.51 bits per heavy atom. The van der Waals surface area contributed by atoms with Crippen molar-refractivity contribution in [1.82, 2.24) is 4.98 Å². The molecule has 2 heterocycles. The maximum Gasteiger partial charge on any atom is 0.146 e. The van der Waals surface area contributed by atoms with E-state index in [2.05, 4.69) is 46.2 Å². The van der Waals surface area contributed by atoms with Gasteiger partial charge in [-0.15, -0.1) is 0 Å². The zero-order valence-corrected chi connectivity index (χ0v) is 19.8. The normalized spacial score (nSPS) is 12.7. The van der Waals surface area contributed by atoms with Crippen molar-refractivity contribution >= 4 is 34.5 Å². The van der Waals surface area contributed by atoms with Gasteiger partial charge in [0.1, 0.15) is 17.4 Å². The lowest BCUT2D eigenvalue weighted by Gasteiger charge is -2.32. The summed E-state index contributed by atoms with van der Waals surface area (Å²) < 4.78 is 19.1. The minimum atomic E-state index is -0.406. The van der Waals surface area contributed by atoms with Crippen LogP contribution in [0.15, 0.2) is 85.1 Å². The molecule has 5 nitrogen and oxygen atoms in total. The van der Waals surface area contributed by atoms with Crippen molar-refractivity contribution in [3.63, 3.8) is 0 Å². The van der Waals surface area contributed by atoms with Gasteiger partial charge in [0, 0.05) is 43.7 Å². The fraction of sp³-hybridized carbons (Fsp3) is 0.138. The van der Waals surface area contributed by atoms with Gasteiger partial charge in [-0.25, -0.2) is 9.37 Å². The molecule has 0 aliphatic carbocycles. The van der Waals surface area contributed by atoms with Crippen LogP contribution in [0, 0.1) is 5.82 Å². The Bertz CT molecular complexity index is 1370. The smallest absolute Gasteiger partial charge is 0.146 e. The first kappa shape index (κ1) is 22.5. The van der Waals surface area contributed by atoms with Crippen LogP contribution in [0.1, 0.15) is 16.7 Å². The molecule has 0 fully saturated rings. The molecular formula is C29H27FN4O. The second-order valence-electron chi connectivity index (χ2n) is 8.63. The molecule has 0 radical (unpaired) electrons. The summed E-state index contributed by atoms with van der Waals surface area (Å²) in [5, 5.41) is 0. The highest BCUT2D eigenvalue weighted by Gasteiger charge is 2.22. The second kappa shape index (κ2) is 9.50. The zero-order chi connectivity index (χ0) is 24.4. The van der Waals surface area contributed by atoms with Crippen molar-refractivity contribution in [2.75, 3.05) is 36.2 Å². The summed E-state index contributed by atoms with van der Waals surface area (Å²) in [5.41, 5.74) is 12.3. The number of rotatable bonds is 6. The monoisotopic (exact) mass is 466 g/mol. The number of halogens is 1. The highest BCUT2D eigenvalue weighted by atomic mass is 19.1. The van der Waals surface area contributed by atoms with Gasteiger partial charge in [0.15, 0.2) is 0 Å². The molecule has 4 aromatic rings. The first-order valence-electron chi connectivity index (χ1n) is 11.4. The largest absolute Gasteiger partial charge is 0.497 e. The summed E-state index contributed by atoms with van der Waals surface area (Å²) in [7, 11) is 3.71. The summed E-state index contributed by atoms with van der Waals surface area (Å²) in [5.74, 6) is 1.31. The number of hydrogen-bond acceptors (Lipinski definition) is 5. The Labute approximate surface area is 204 Å². The summed E-state index contributed by atoms with van der Waals surface area (Å²) in [4.78, 5) is 9.15. The molecule has 1 aliphatic rings. The average Bonchev–Trinajstić information content (AvgIpc) is 2.90. The highest BCUT2D eigenvalue weighted by Crippen LogP contribution is 2.39. The number of aromatic nitrogens is 1. The molecule has 2 N–H and O–H groups in total. The Morgan fingerprint density at radius 1 is 1.03 bits per heavy atom. The fourth-order valence-corrected chi connectivity index (χ4v) is 4.33. The quantitative estimate of drug-likeness (QED) is 0.346. The van der Waals surface area contributed by atoms with E-state index in [0.29, 0.717) is 6.54 Å². The number of ether oxygens (including phenoxy) is 1. The number of para-hydroxylation sites is 1. The maximum absolute atomic E-state index is 13.8. The van der Waals surface area contributed by atoms with Crippen LogP contribution < -0.4 is 20.3 Å². The molecule has 0 atom stereocenters. The van der Waals surface area contributed by atoms with E-state index in [1.54, 1.807) is 19.2 Å². The van der Waals surface area contributed by atoms with Crippen LogP contribution in [0.3, 0.4) is 0 Å². The molecule has 0 saturated heterocycles. The van der Waals surface area contributed by atoms with Crippen LogP contribution in [0.2, 0.25) is 0 Å². The number of benzene rings is 3. The van der Waals surface area contributed by atoms with E-state index >= 15 is 0 Å². The minimum absolute atomic E-state index is 0.147. The predicted molar refractivity (Wildman–Crippen MR) is 141 cm³/mol. The van der Waals surface area contributed by atoms with Crippen molar-refractivity contribution in [2.24, 2.45) is 0 Å². The van der Waals surface area contributed by atoms with E-state index in [9.17, 15) is 4.39 Å². The van der Waals surface area contributed by atoms with Crippen molar-refractivity contribution in [1.29, 1.82) is 0 Å². The van der Waals surface area contributed by atoms with Crippen LogP contribution >= 0.6 is 0 Å². The molecule has 0 unspecified atom stereocenters. The van der Waals surface area contributed by atoms with E-state index in [1.807, 2.05) is 43.6 Å². The first-order valence-corrected chi connectivity index (χ1v) is 11.4. The maximum atomic E-state index is 13.8. The molecule has 0 saturated carbocycles. The Hall–Kier alpha value is -4.32. The van der Waals surface area contributed by atoms with E-state index in [1.165, 1.54) is 11.6 Å². The number of nitrogen functional groups attached to an aromatic ring is 1. The molecule has 1 aliphatic heterocycles. The zero-order valence-electron chi connectivity index (χ0n) is 19.8. The molecule has 176 valence electrons. The lowest BCUT2D eigenvalue weighted by molar-refractivity contribution is 0.414. The molecule has 35 heavy (non-hydrogen) atoms. The molecule has 5 rings (SSSR count). The summed E-state index contributed by atoms with van der Waals surface area (Å²) >= 11 is 0. The van der Waals surface area contributed by atoms with Crippen LogP contribution in [0.5, 0.6) is 5.75 Å². The third-order valence-corrected chi connectivity index (χ3v) is 6.25. The number of fused-ring (bicyclic) bond motifs is 1. The van der Waals surface area contributed by atoms with E-state index in [0.717, 1.165) is 46.2 Å². The number of methoxy groups -OCH3 is 1. The van der Waals surface area contributed by atoms with E-state index in [-0.39, 0.29) is 5.69 Å². The van der Waals surface area contributed by atoms with Crippen molar-refractivity contribution < 1.29 is 9.13 Å². The number of nitrogens with two attached hydrogens (primary N) is 1. The first-order chi connectivity index (χ1) is 17.0. The third kappa shape index (κ3) is 4.68. The Kier molecular flexibility index (Phi) is 6.10. The van der Waals surface area contributed by atoms with Gasteiger partial charge < -0.3 is 20.3 Å². The number of pyridine rings is 1. The van der Waals surface area contributed by atoms with Gasteiger partial charge in [-0.1, -0.05) is 36.4 Å². The molecule has 0 bridgehead atoms. The summed E-state index contributed by atoms with van der Waals surface area (Å²) in [6.45, 7) is 1.35. The van der Waals surface area contributed by atoms with Crippen LogP contribution in [0.25, 0.3) is 11.6 Å². The third-order valence-electron chi connectivity index (χ3n) is 6.25. The molecule has 0 spiro atoms. The van der Waals surface area contributed by atoms with Crippen molar-refractivity contribution in [3.05, 3.63) is 108 Å². The topological polar surface area (TPSA) is 54.6 Å². The van der Waals surface area contributed by atoms with Crippen molar-refractivity contribution in [3.8, 4) is 5.75 Å². The van der Waals surface area contributed by atoms with Crippen LogP contribution in [-0.4, -0.2) is 25.7 Å². The van der Waals surface area contributed by atoms with Crippen LogP contribution in [-0.2, 0) is 6.54 Å². The molecule has 6 heteroatoms. The van der Waals surface area contributed by atoms with Gasteiger partial charge in [-0.05, 0) is 59.2 Å². The Balaban J connectivity index is 1.51. The SMILES string of the molecule is COc1ccc(CN(C)c2cc3c(cn2)C=C(c2ccc(F)c(N)c2)CN3c2ccccc2)cc1. The second-order valence-corrected chi connectivity index (χ2v) is 8.63. The number of anilines is 4. The van der Waals surface area contributed by atoms with Gasteiger partial charge in [0.2, 0.25) is 0 Å². The lowest BCUT2D eigenvalue weighted by atomic mass is 9.97. The lowest BCUT2D eigenvalue weighted by Crippen LogP contribution is -2.25. The molecule has 1 aromatic heterocycles.